The Bertz CT molecular complexity index is 105. The van der Waals surface area contributed by atoms with E-state index >= 15 is 0 Å². The minimum Gasteiger partial charge on any atom is -0.235 e. The van der Waals surface area contributed by atoms with Crippen LogP contribution in [0, 0.1) is 0 Å². The van der Waals surface area contributed by atoms with E-state index in [0.29, 0.717) is 0 Å². The van der Waals surface area contributed by atoms with Gasteiger partial charge in [-0.3, -0.25) is 0 Å². The van der Waals surface area contributed by atoms with Gasteiger partial charge in [0.1, 0.15) is 0 Å². The summed E-state index contributed by atoms with van der Waals surface area (Å²) in [4.78, 5) is 0. The first-order valence-corrected chi connectivity index (χ1v) is 3.42. The first kappa shape index (κ1) is 6.78. The number of unbranched alkanes of at least 4 members (excludes halogenated alkanes) is 1. The molecule has 0 saturated carbocycles. The lowest BCUT2D eigenvalue weighted by Crippen LogP contribution is -2.10. The molecule has 9 heavy (non-hydrogen) atoms. The standard InChI is InChI=1S/C7H14N2/c1-3-4-5-6-7(2)8-9-7/h3,8-9H,1,4-6H2,2H3. The van der Waals surface area contributed by atoms with Crippen LogP contribution in [-0.4, -0.2) is 5.66 Å². The Balaban J connectivity index is 1.98. The molecule has 2 nitrogen and oxygen atoms in total. The van der Waals surface area contributed by atoms with Gasteiger partial charge < -0.3 is 0 Å². The Morgan fingerprint density at radius 3 is 2.67 bits per heavy atom. The van der Waals surface area contributed by atoms with Crippen LogP contribution in [0.5, 0.6) is 0 Å². The summed E-state index contributed by atoms with van der Waals surface area (Å²) >= 11 is 0. The molecule has 0 aromatic rings. The minimum absolute atomic E-state index is 0.253. The molecule has 0 spiro atoms. The van der Waals surface area contributed by atoms with Gasteiger partial charge in [-0.25, -0.2) is 10.9 Å². The van der Waals surface area contributed by atoms with Gasteiger partial charge >= 0.3 is 0 Å². The van der Waals surface area contributed by atoms with Gasteiger partial charge in [-0.2, -0.15) is 0 Å². The number of rotatable bonds is 4. The minimum atomic E-state index is 0.253. The maximum atomic E-state index is 3.66. The summed E-state index contributed by atoms with van der Waals surface area (Å²) in [5.41, 5.74) is 6.42. The quantitative estimate of drug-likeness (QED) is 0.337. The lowest BCUT2D eigenvalue weighted by atomic mass is 10.1. The normalized spacial score (nSPS) is 21.4. The van der Waals surface area contributed by atoms with Crippen molar-refractivity contribution in [2.45, 2.75) is 31.8 Å². The van der Waals surface area contributed by atoms with Gasteiger partial charge in [0.15, 0.2) is 0 Å². The fraction of sp³-hybridized carbons (Fsp3) is 0.714. The van der Waals surface area contributed by atoms with Crippen molar-refractivity contribution in [3.8, 4) is 0 Å². The van der Waals surface area contributed by atoms with Gasteiger partial charge in [-0.15, -0.1) is 6.58 Å². The Morgan fingerprint density at radius 1 is 1.56 bits per heavy atom. The average Bonchev–Trinajstić information content (AvgIpc) is 2.50. The highest BCUT2D eigenvalue weighted by Crippen LogP contribution is 2.16. The van der Waals surface area contributed by atoms with Crippen LogP contribution in [0.2, 0.25) is 0 Å². The highest BCUT2D eigenvalue weighted by Gasteiger charge is 2.34. The van der Waals surface area contributed by atoms with Crippen LogP contribution in [0.4, 0.5) is 0 Å². The smallest absolute Gasteiger partial charge is 0.0915 e. The van der Waals surface area contributed by atoms with Crippen LogP contribution >= 0.6 is 0 Å². The molecule has 0 atom stereocenters. The fourth-order valence-corrected chi connectivity index (χ4v) is 0.832. The first-order chi connectivity index (χ1) is 4.27. The molecule has 0 radical (unpaired) electrons. The molecule has 2 N–H and O–H groups in total. The van der Waals surface area contributed by atoms with E-state index in [1.807, 2.05) is 6.08 Å². The lowest BCUT2D eigenvalue weighted by Gasteiger charge is -2.00. The Hall–Kier alpha value is -0.340. The second-order valence-electron chi connectivity index (χ2n) is 2.76. The maximum Gasteiger partial charge on any atom is 0.0915 e. The molecule has 1 saturated heterocycles. The SMILES string of the molecule is C=CCCCC1(C)NN1. The van der Waals surface area contributed by atoms with E-state index in [9.17, 15) is 0 Å². The van der Waals surface area contributed by atoms with Gasteiger partial charge in [0.25, 0.3) is 0 Å². The van der Waals surface area contributed by atoms with E-state index in [4.69, 9.17) is 0 Å². The van der Waals surface area contributed by atoms with Gasteiger partial charge in [0, 0.05) is 0 Å². The van der Waals surface area contributed by atoms with Crippen LogP contribution < -0.4 is 10.9 Å². The lowest BCUT2D eigenvalue weighted by molar-refractivity contribution is 0.576. The van der Waals surface area contributed by atoms with E-state index < -0.39 is 0 Å². The fourth-order valence-electron chi connectivity index (χ4n) is 0.832. The number of hydrogen-bond donors (Lipinski definition) is 2. The van der Waals surface area contributed by atoms with Crippen molar-refractivity contribution in [2.75, 3.05) is 0 Å². The van der Waals surface area contributed by atoms with Crippen LogP contribution in [0.15, 0.2) is 12.7 Å². The Morgan fingerprint density at radius 2 is 2.22 bits per heavy atom. The van der Waals surface area contributed by atoms with Crippen LogP contribution in [0.25, 0.3) is 0 Å². The van der Waals surface area contributed by atoms with Gasteiger partial charge in [0.05, 0.1) is 5.66 Å². The average molecular weight is 126 g/mol. The molecule has 1 heterocycles. The second-order valence-corrected chi connectivity index (χ2v) is 2.76. The molecular weight excluding hydrogens is 112 g/mol. The molecule has 1 fully saturated rings. The molecule has 0 aliphatic carbocycles. The molecule has 0 bridgehead atoms. The predicted molar refractivity (Wildman–Crippen MR) is 38.7 cm³/mol. The topological polar surface area (TPSA) is 43.9 Å². The van der Waals surface area contributed by atoms with Crippen molar-refractivity contribution in [3.63, 3.8) is 0 Å². The van der Waals surface area contributed by atoms with E-state index in [0.717, 1.165) is 6.42 Å². The van der Waals surface area contributed by atoms with Gasteiger partial charge in [-0.1, -0.05) is 6.08 Å². The number of allylic oxidation sites excluding steroid dienone is 1. The molecular formula is C7H14N2. The molecule has 1 aliphatic rings. The highest BCUT2D eigenvalue weighted by molar-refractivity contribution is 4.89. The molecule has 1 rings (SSSR count). The van der Waals surface area contributed by atoms with E-state index in [1.54, 1.807) is 0 Å². The third-order valence-electron chi connectivity index (χ3n) is 1.64. The molecule has 52 valence electrons. The van der Waals surface area contributed by atoms with Crippen LogP contribution in [0.3, 0.4) is 0 Å². The molecule has 0 aromatic heterocycles. The molecule has 0 amide bonds. The van der Waals surface area contributed by atoms with Crippen molar-refractivity contribution in [1.82, 2.24) is 10.9 Å². The van der Waals surface area contributed by atoms with Gasteiger partial charge in [-0.05, 0) is 26.2 Å². The zero-order chi connectivity index (χ0) is 6.74. The second kappa shape index (κ2) is 2.50. The van der Waals surface area contributed by atoms with Crippen molar-refractivity contribution >= 4 is 0 Å². The monoisotopic (exact) mass is 126 g/mol. The summed E-state index contributed by atoms with van der Waals surface area (Å²) in [7, 11) is 0. The number of nitrogens with one attached hydrogen (secondary N) is 2. The molecule has 2 heteroatoms. The summed E-state index contributed by atoms with van der Waals surface area (Å²) in [5.74, 6) is 0. The molecule has 0 unspecified atom stereocenters. The number of hydrogen-bond acceptors (Lipinski definition) is 2. The third-order valence-corrected chi connectivity index (χ3v) is 1.64. The Labute approximate surface area is 56.3 Å². The van der Waals surface area contributed by atoms with Gasteiger partial charge in [0.2, 0.25) is 0 Å². The Kier molecular flexibility index (Phi) is 1.88. The summed E-state index contributed by atoms with van der Waals surface area (Å²) in [6.45, 7) is 5.82. The van der Waals surface area contributed by atoms with E-state index in [1.165, 1.54) is 12.8 Å². The maximum absolute atomic E-state index is 3.66. The van der Waals surface area contributed by atoms with Crippen LogP contribution in [-0.2, 0) is 0 Å². The van der Waals surface area contributed by atoms with E-state index in [2.05, 4.69) is 24.4 Å². The molecule has 0 aromatic carbocycles. The zero-order valence-electron chi connectivity index (χ0n) is 5.91. The number of hydrazine groups is 1. The van der Waals surface area contributed by atoms with E-state index in [-0.39, 0.29) is 5.66 Å². The van der Waals surface area contributed by atoms with Crippen molar-refractivity contribution < 1.29 is 0 Å². The van der Waals surface area contributed by atoms with Crippen molar-refractivity contribution in [1.29, 1.82) is 0 Å². The van der Waals surface area contributed by atoms with Crippen molar-refractivity contribution in [3.05, 3.63) is 12.7 Å². The van der Waals surface area contributed by atoms with Crippen molar-refractivity contribution in [2.24, 2.45) is 0 Å². The summed E-state index contributed by atoms with van der Waals surface area (Å²) < 4.78 is 0. The summed E-state index contributed by atoms with van der Waals surface area (Å²) in [5, 5.41) is 0. The van der Waals surface area contributed by atoms with Crippen LogP contribution in [0.1, 0.15) is 26.2 Å². The first-order valence-electron chi connectivity index (χ1n) is 3.42. The predicted octanol–water partition coefficient (Wildman–Crippen LogP) is 1.17. The largest absolute Gasteiger partial charge is 0.235 e. The zero-order valence-corrected chi connectivity index (χ0v) is 5.91. The summed E-state index contributed by atoms with van der Waals surface area (Å²) in [6, 6.07) is 0. The summed E-state index contributed by atoms with van der Waals surface area (Å²) in [6.07, 6.45) is 5.50. The third kappa shape index (κ3) is 2.16. The molecule has 1 aliphatic heterocycles. The highest BCUT2D eigenvalue weighted by atomic mass is 15.7.